The first-order chi connectivity index (χ1) is 10.0. The number of fused-ring (bicyclic) bond motifs is 1. The molecule has 110 valence electrons. The molecule has 0 bridgehead atoms. The zero-order valence-electron chi connectivity index (χ0n) is 11.9. The average molecular weight is 290 g/mol. The first kappa shape index (κ1) is 13.8. The largest absolute Gasteiger partial charge is 0.345 e. The van der Waals surface area contributed by atoms with Crippen LogP contribution in [-0.2, 0) is 6.54 Å². The molecule has 1 atom stereocenters. The molecule has 0 saturated carbocycles. The van der Waals surface area contributed by atoms with Crippen LogP contribution in [0.25, 0.3) is 0 Å². The minimum atomic E-state index is -1.08. The van der Waals surface area contributed by atoms with Crippen molar-refractivity contribution in [3.05, 3.63) is 58.9 Å². The maximum absolute atomic E-state index is 13.8. The van der Waals surface area contributed by atoms with E-state index in [9.17, 15) is 13.6 Å². The number of amides is 1. The molecular weight excluding hydrogens is 274 g/mol. The Labute approximate surface area is 121 Å². The fourth-order valence-electron chi connectivity index (χ4n) is 2.92. The minimum Gasteiger partial charge on any atom is -0.345 e. The summed E-state index contributed by atoms with van der Waals surface area (Å²) in [4.78, 5) is 14.1. The van der Waals surface area contributed by atoms with Crippen LogP contribution >= 0.6 is 0 Å². The summed E-state index contributed by atoms with van der Waals surface area (Å²) in [5.41, 5.74) is 1.95. The van der Waals surface area contributed by atoms with Crippen molar-refractivity contribution in [3.63, 3.8) is 0 Å². The highest BCUT2D eigenvalue weighted by Gasteiger charge is 2.30. The van der Waals surface area contributed by atoms with Crippen molar-refractivity contribution in [2.75, 3.05) is 6.54 Å². The zero-order chi connectivity index (χ0) is 15.1. The zero-order valence-corrected chi connectivity index (χ0v) is 11.9. The molecule has 1 aliphatic rings. The van der Waals surface area contributed by atoms with E-state index in [4.69, 9.17) is 0 Å². The van der Waals surface area contributed by atoms with Gasteiger partial charge in [0, 0.05) is 24.5 Å². The lowest BCUT2D eigenvalue weighted by atomic mass is 10.1. The van der Waals surface area contributed by atoms with E-state index >= 15 is 0 Å². The lowest BCUT2D eigenvalue weighted by molar-refractivity contribution is 0.0637. The molecule has 1 aromatic carbocycles. The van der Waals surface area contributed by atoms with Gasteiger partial charge in [0.25, 0.3) is 5.91 Å². The topological polar surface area (TPSA) is 25.2 Å². The van der Waals surface area contributed by atoms with Gasteiger partial charge in [-0.25, -0.2) is 8.78 Å². The summed E-state index contributed by atoms with van der Waals surface area (Å²) in [5.74, 6) is -2.54. The van der Waals surface area contributed by atoms with Gasteiger partial charge in [0.05, 0.1) is 11.6 Å². The van der Waals surface area contributed by atoms with Crippen LogP contribution in [0.2, 0.25) is 0 Å². The SMILES string of the molecule is Cc1ccc2n1CCN(C(=O)c1cccc(F)c1F)C2C. The molecule has 0 spiro atoms. The highest BCUT2D eigenvalue weighted by Crippen LogP contribution is 2.29. The molecule has 0 radical (unpaired) electrons. The van der Waals surface area contributed by atoms with Gasteiger partial charge in [0.2, 0.25) is 0 Å². The molecular formula is C16H16F2N2O. The van der Waals surface area contributed by atoms with Crippen LogP contribution in [0.3, 0.4) is 0 Å². The van der Waals surface area contributed by atoms with Crippen LogP contribution in [0, 0.1) is 18.6 Å². The quantitative estimate of drug-likeness (QED) is 0.791. The van der Waals surface area contributed by atoms with E-state index in [1.165, 1.54) is 12.1 Å². The van der Waals surface area contributed by atoms with E-state index < -0.39 is 17.5 Å². The number of aryl methyl sites for hydroxylation is 1. The number of aromatic nitrogens is 1. The van der Waals surface area contributed by atoms with Crippen molar-refractivity contribution in [1.82, 2.24) is 9.47 Å². The van der Waals surface area contributed by atoms with E-state index in [-0.39, 0.29) is 11.6 Å². The summed E-state index contributed by atoms with van der Waals surface area (Å²) < 4.78 is 29.3. The van der Waals surface area contributed by atoms with Crippen molar-refractivity contribution >= 4 is 5.91 Å². The Balaban J connectivity index is 1.95. The third-order valence-corrected chi connectivity index (χ3v) is 4.14. The van der Waals surface area contributed by atoms with Crippen LogP contribution < -0.4 is 0 Å². The van der Waals surface area contributed by atoms with Crippen LogP contribution in [-0.4, -0.2) is 21.9 Å². The first-order valence-corrected chi connectivity index (χ1v) is 6.91. The van der Waals surface area contributed by atoms with Gasteiger partial charge in [-0.2, -0.15) is 0 Å². The maximum atomic E-state index is 13.8. The van der Waals surface area contributed by atoms with Crippen molar-refractivity contribution in [1.29, 1.82) is 0 Å². The number of hydrogen-bond donors (Lipinski definition) is 0. The van der Waals surface area contributed by atoms with Gasteiger partial charge >= 0.3 is 0 Å². The molecule has 0 saturated heterocycles. The summed E-state index contributed by atoms with van der Waals surface area (Å²) >= 11 is 0. The Bertz CT molecular complexity index is 708. The first-order valence-electron chi connectivity index (χ1n) is 6.91. The predicted octanol–water partition coefficient (Wildman–Crippen LogP) is 3.29. The molecule has 5 heteroatoms. The number of benzene rings is 1. The Hall–Kier alpha value is -2.17. The van der Waals surface area contributed by atoms with Gasteiger partial charge in [-0.05, 0) is 38.1 Å². The standard InChI is InChI=1S/C16H16F2N2O/c1-10-6-7-14-11(2)20(9-8-19(10)14)16(21)12-4-3-5-13(17)15(12)18/h3-7,11H,8-9H2,1-2H3. The van der Waals surface area contributed by atoms with E-state index in [2.05, 4.69) is 4.57 Å². The molecule has 1 amide bonds. The number of hydrogen-bond acceptors (Lipinski definition) is 1. The molecule has 21 heavy (non-hydrogen) atoms. The third-order valence-electron chi connectivity index (χ3n) is 4.14. The molecule has 1 unspecified atom stereocenters. The summed E-state index contributed by atoms with van der Waals surface area (Å²) in [6.07, 6.45) is 0. The smallest absolute Gasteiger partial charge is 0.257 e. The average Bonchev–Trinajstić information content (AvgIpc) is 2.84. The van der Waals surface area contributed by atoms with E-state index in [0.29, 0.717) is 13.1 Å². The molecule has 3 rings (SSSR count). The molecule has 2 aromatic rings. The van der Waals surface area contributed by atoms with Gasteiger partial charge in [0.15, 0.2) is 11.6 Å². The molecule has 3 nitrogen and oxygen atoms in total. The number of carbonyl (C=O) groups is 1. The fraction of sp³-hybridized carbons (Fsp3) is 0.312. The Morgan fingerprint density at radius 1 is 1.19 bits per heavy atom. The maximum Gasteiger partial charge on any atom is 0.257 e. The summed E-state index contributed by atoms with van der Waals surface area (Å²) in [6.45, 7) is 5.07. The minimum absolute atomic E-state index is 0.164. The van der Waals surface area contributed by atoms with Crippen molar-refractivity contribution in [2.24, 2.45) is 0 Å². The summed E-state index contributed by atoms with van der Waals surface area (Å²) in [6, 6.07) is 7.51. The lowest BCUT2D eigenvalue weighted by Crippen LogP contribution is -2.41. The molecule has 0 N–H and O–H groups in total. The number of halogens is 2. The van der Waals surface area contributed by atoms with E-state index in [0.717, 1.165) is 17.5 Å². The fourth-order valence-corrected chi connectivity index (χ4v) is 2.92. The number of nitrogens with zero attached hydrogens (tertiary/aromatic N) is 2. The predicted molar refractivity (Wildman–Crippen MR) is 75.0 cm³/mol. The highest BCUT2D eigenvalue weighted by atomic mass is 19.2. The van der Waals surface area contributed by atoms with E-state index in [1.807, 2.05) is 26.0 Å². The van der Waals surface area contributed by atoms with Gasteiger partial charge in [-0.15, -0.1) is 0 Å². The third kappa shape index (κ3) is 2.13. The second kappa shape index (κ2) is 4.98. The molecule has 0 aliphatic carbocycles. The van der Waals surface area contributed by atoms with Gasteiger partial charge in [-0.3, -0.25) is 4.79 Å². The van der Waals surface area contributed by atoms with Gasteiger partial charge < -0.3 is 9.47 Å². The van der Waals surface area contributed by atoms with Gasteiger partial charge in [-0.1, -0.05) is 6.07 Å². The van der Waals surface area contributed by atoms with Crippen molar-refractivity contribution < 1.29 is 13.6 Å². The van der Waals surface area contributed by atoms with Crippen molar-refractivity contribution in [2.45, 2.75) is 26.4 Å². The molecule has 1 aromatic heterocycles. The highest BCUT2D eigenvalue weighted by molar-refractivity contribution is 5.94. The van der Waals surface area contributed by atoms with E-state index in [1.54, 1.807) is 4.90 Å². The van der Waals surface area contributed by atoms with Crippen LogP contribution in [0.15, 0.2) is 30.3 Å². The molecule has 1 aliphatic heterocycles. The van der Waals surface area contributed by atoms with Crippen LogP contribution in [0.1, 0.15) is 34.7 Å². The molecule has 0 fully saturated rings. The van der Waals surface area contributed by atoms with Gasteiger partial charge in [0.1, 0.15) is 0 Å². The molecule has 2 heterocycles. The number of carbonyl (C=O) groups excluding carboxylic acids is 1. The lowest BCUT2D eigenvalue weighted by Gasteiger charge is -2.35. The van der Waals surface area contributed by atoms with Crippen LogP contribution in [0.4, 0.5) is 8.78 Å². The monoisotopic (exact) mass is 290 g/mol. The van der Waals surface area contributed by atoms with Crippen molar-refractivity contribution in [3.8, 4) is 0 Å². The Morgan fingerprint density at radius 3 is 2.71 bits per heavy atom. The second-order valence-corrected chi connectivity index (χ2v) is 5.33. The number of rotatable bonds is 1. The second-order valence-electron chi connectivity index (χ2n) is 5.33. The summed E-state index contributed by atoms with van der Waals surface area (Å²) in [5, 5.41) is 0. The Morgan fingerprint density at radius 2 is 1.95 bits per heavy atom. The summed E-state index contributed by atoms with van der Waals surface area (Å²) in [7, 11) is 0. The Kier molecular flexibility index (Phi) is 3.27. The normalized spacial score (nSPS) is 17.7. The van der Waals surface area contributed by atoms with Crippen LogP contribution in [0.5, 0.6) is 0 Å².